The van der Waals surface area contributed by atoms with E-state index in [-0.39, 0.29) is 0 Å². The number of benzene rings is 1. The zero-order valence-electron chi connectivity index (χ0n) is 14.7. The molecule has 1 heterocycles. The summed E-state index contributed by atoms with van der Waals surface area (Å²) in [5, 5.41) is 9.62. The number of anilines is 1. The average Bonchev–Trinajstić information content (AvgIpc) is 2.48. The van der Waals surface area contributed by atoms with Crippen LogP contribution in [0.25, 0.3) is 0 Å². The Balaban J connectivity index is 1.87. The summed E-state index contributed by atoms with van der Waals surface area (Å²) in [7, 11) is 0. The molecule has 0 spiro atoms. The molecule has 0 amide bonds. The van der Waals surface area contributed by atoms with Crippen molar-refractivity contribution >= 4 is 5.69 Å². The average molecular weight is 304 g/mol. The van der Waals surface area contributed by atoms with Crippen LogP contribution in [0, 0.1) is 11.3 Å². The minimum absolute atomic E-state index is 0.356. The molecular formula is C19H32N2O. The summed E-state index contributed by atoms with van der Waals surface area (Å²) in [4.78, 5) is 4.98. The van der Waals surface area contributed by atoms with Crippen LogP contribution in [0.15, 0.2) is 24.3 Å². The first-order chi connectivity index (χ1) is 10.4. The molecule has 0 radical (unpaired) electrons. The highest BCUT2D eigenvalue weighted by Gasteiger charge is 2.29. The van der Waals surface area contributed by atoms with Crippen molar-refractivity contribution < 1.29 is 5.11 Å². The van der Waals surface area contributed by atoms with Crippen molar-refractivity contribution in [1.82, 2.24) is 4.90 Å². The van der Waals surface area contributed by atoms with Gasteiger partial charge in [-0.15, -0.1) is 0 Å². The number of phenols is 1. The largest absolute Gasteiger partial charge is 0.508 e. The molecule has 0 bridgehead atoms. The maximum atomic E-state index is 9.62. The van der Waals surface area contributed by atoms with Crippen LogP contribution in [0.1, 0.15) is 40.5 Å². The van der Waals surface area contributed by atoms with Gasteiger partial charge in [0, 0.05) is 44.5 Å². The van der Waals surface area contributed by atoms with E-state index in [0.717, 1.165) is 37.8 Å². The monoisotopic (exact) mass is 304 g/mol. The van der Waals surface area contributed by atoms with E-state index in [4.69, 9.17) is 0 Å². The molecule has 0 aromatic heterocycles. The van der Waals surface area contributed by atoms with Crippen molar-refractivity contribution in [3.05, 3.63) is 24.3 Å². The first-order valence-corrected chi connectivity index (χ1v) is 8.68. The molecular weight excluding hydrogens is 272 g/mol. The van der Waals surface area contributed by atoms with E-state index in [0.29, 0.717) is 11.2 Å². The minimum Gasteiger partial charge on any atom is -0.508 e. The summed E-state index contributed by atoms with van der Waals surface area (Å²) < 4.78 is 0. The summed E-state index contributed by atoms with van der Waals surface area (Å²) in [5.74, 6) is 1.12. The lowest BCUT2D eigenvalue weighted by Gasteiger charge is -2.42. The van der Waals surface area contributed by atoms with Crippen LogP contribution >= 0.6 is 0 Å². The van der Waals surface area contributed by atoms with Crippen LogP contribution in [0.2, 0.25) is 0 Å². The van der Waals surface area contributed by atoms with Crippen LogP contribution in [-0.4, -0.2) is 42.7 Å². The van der Waals surface area contributed by atoms with Crippen molar-refractivity contribution in [2.24, 2.45) is 11.3 Å². The molecule has 124 valence electrons. The maximum Gasteiger partial charge on any atom is 0.117 e. The molecule has 3 nitrogen and oxygen atoms in total. The molecule has 0 aliphatic carbocycles. The van der Waals surface area contributed by atoms with Crippen molar-refractivity contribution in [2.75, 3.05) is 37.6 Å². The van der Waals surface area contributed by atoms with E-state index >= 15 is 0 Å². The topological polar surface area (TPSA) is 26.7 Å². The number of rotatable bonds is 6. The summed E-state index contributed by atoms with van der Waals surface area (Å²) >= 11 is 0. The molecule has 0 saturated carbocycles. The Labute approximate surface area is 135 Å². The van der Waals surface area contributed by atoms with Gasteiger partial charge >= 0.3 is 0 Å². The third-order valence-electron chi connectivity index (χ3n) is 5.25. The quantitative estimate of drug-likeness (QED) is 0.861. The number of piperazine rings is 1. The van der Waals surface area contributed by atoms with Gasteiger partial charge in [-0.25, -0.2) is 0 Å². The molecule has 1 aromatic carbocycles. The Hall–Kier alpha value is -1.22. The van der Waals surface area contributed by atoms with E-state index in [9.17, 15) is 5.11 Å². The fraction of sp³-hybridized carbons (Fsp3) is 0.684. The molecule has 1 aromatic rings. The number of nitrogens with zero attached hydrogens (tertiary/aromatic N) is 2. The molecule has 1 N–H and O–H groups in total. The highest BCUT2D eigenvalue weighted by Crippen LogP contribution is 2.31. The van der Waals surface area contributed by atoms with Crippen LogP contribution < -0.4 is 4.90 Å². The minimum atomic E-state index is 0.356. The molecule has 3 heteroatoms. The van der Waals surface area contributed by atoms with E-state index in [2.05, 4.69) is 43.6 Å². The van der Waals surface area contributed by atoms with Crippen LogP contribution in [0.3, 0.4) is 0 Å². The summed E-state index contributed by atoms with van der Waals surface area (Å²) in [5.41, 5.74) is 1.52. The highest BCUT2D eigenvalue weighted by atomic mass is 16.3. The van der Waals surface area contributed by atoms with E-state index in [1.54, 1.807) is 6.07 Å². The van der Waals surface area contributed by atoms with Gasteiger partial charge in [-0.1, -0.05) is 46.6 Å². The molecule has 1 fully saturated rings. The SMILES string of the molecule is CCCC(C)C(C)(C)CN1CCN(c2cccc(O)c2)CC1. The molecule has 22 heavy (non-hydrogen) atoms. The summed E-state index contributed by atoms with van der Waals surface area (Å²) in [6.07, 6.45) is 2.59. The van der Waals surface area contributed by atoms with E-state index in [1.807, 2.05) is 12.1 Å². The van der Waals surface area contributed by atoms with Crippen molar-refractivity contribution in [3.8, 4) is 5.75 Å². The second-order valence-corrected chi connectivity index (χ2v) is 7.46. The maximum absolute atomic E-state index is 9.62. The fourth-order valence-corrected chi connectivity index (χ4v) is 3.41. The van der Waals surface area contributed by atoms with E-state index < -0.39 is 0 Å². The molecule has 1 atom stereocenters. The van der Waals surface area contributed by atoms with Gasteiger partial charge in [0.2, 0.25) is 0 Å². The predicted octanol–water partition coefficient (Wildman–Crippen LogP) is 3.98. The molecule has 2 rings (SSSR count). The number of hydrogen-bond acceptors (Lipinski definition) is 3. The van der Waals surface area contributed by atoms with Gasteiger partial charge < -0.3 is 10.0 Å². The molecule has 1 saturated heterocycles. The Morgan fingerprint density at radius 1 is 1.18 bits per heavy atom. The van der Waals surface area contributed by atoms with Gasteiger partial charge in [0.05, 0.1) is 0 Å². The van der Waals surface area contributed by atoms with Crippen LogP contribution in [0.4, 0.5) is 5.69 Å². The molecule has 1 aliphatic rings. The Morgan fingerprint density at radius 3 is 2.45 bits per heavy atom. The third-order valence-corrected chi connectivity index (χ3v) is 5.25. The number of aromatic hydroxyl groups is 1. The summed E-state index contributed by atoms with van der Waals surface area (Å²) in [6.45, 7) is 15.0. The fourth-order valence-electron chi connectivity index (χ4n) is 3.41. The lowest BCUT2D eigenvalue weighted by Crippen LogP contribution is -2.50. The molecule has 1 aliphatic heterocycles. The van der Waals surface area contributed by atoms with Crippen molar-refractivity contribution in [1.29, 1.82) is 0 Å². The van der Waals surface area contributed by atoms with Crippen molar-refractivity contribution in [2.45, 2.75) is 40.5 Å². The normalized spacial score (nSPS) is 18.5. The molecule has 1 unspecified atom stereocenters. The van der Waals surface area contributed by atoms with Gasteiger partial charge in [-0.2, -0.15) is 0 Å². The Kier molecular flexibility index (Phi) is 5.74. The zero-order chi connectivity index (χ0) is 16.2. The zero-order valence-corrected chi connectivity index (χ0v) is 14.7. The van der Waals surface area contributed by atoms with Gasteiger partial charge in [0.1, 0.15) is 5.75 Å². The van der Waals surface area contributed by atoms with Gasteiger partial charge in [-0.3, -0.25) is 4.90 Å². The van der Waals surface area contributed by atoms with Crippen LogP contribution in [-0.2, 0) is 0 Å². The Morgan fingerprint density at radius 2 is 1.86 bits per heavy atom. The lowest BCUT2D eigenvalue weighted by molar-refractivity contribution is 0.116. The smallest absolute Gasteiger partial charge is 0.117 e. The van der Waals surface area contributed by atoms with Gasteiger partial charge in [0.15, 0.2) is 0 Å². The van der Waals surface area contributed by atoms with Gasteiger partial charge in [-0.05, 0) is 23.5 Å². The second kappa shape index (κ2) is 7.36. The predicted molar refractivity (Wildman–Crippen MR) is 94.6 cm³/mol. The first kappa shape index (κ1) is 17.1. The first-order valence-electron chi connectivity index (χ1n) is 8.68. The van der Waals surface area contributed by atoms with E-state index in [1.165, 1.54) is 19.4 Å². The number of hydrogen-bond donors (Lipinski definition) is 1. The standard InChI is InChI=1S/C19H32N2O/c1-5-7-16(2)19(3,4)15-20-10-12-21(13-11-20)17-8-6-9-18(22)14-17/h6,8-9,14,16,22H,5,7,10-13,15H2,1-4H3. The Bertz CT molecular complexity index is 464. The number of phenolic OH excluding ortho intramolecular Hbond substituents is 1. The highest BCUT2D eigenvalue weighted by molar-refractivity contribution is 5.50. The summed E-state index contributed by atoms with van der Waals surface area (Å²) in [6, 6.07) is 7.61. The van der Waals surface area contributed by atoms with Gasteiger partial charge in [0.25, 0.3) is 0 Å². The van der Waals surface area contributed by atoms with Crippen LogP contribution in [0.5, 0.6) is 5.75 Å². The second-order valence-electron chi connectivity index (χ2n) is 7.46. The van der Waals surface area contributed by atoms with Crippen molar-refractivity contribution in [3.63, 3.8) is 0 Å². The third kappa shape index (κ3) is 4.39. The lowest BCUT2D eigenvalue weighted by atomic mass is 9.77.